The van der Waals surface area contributed by atoms with E-state index in [1.54, 1.807) is 19.1 Å². The Labute approximate surface area is 145 Å². The number of aliphatic carboxylic acids is 1. The summed E-state index contributed by atoms with van der Waals surface area (Å²) in [5, 5.41) is 31.6. The molecule has 5 aliphatic rings. The van der Waals surface area contributed by atoms with Gasteiger partial charge >= 0.3 is 11.9 Å². The third-order valence-corrected chi connectivity index (χ3v) is 8.12. The highest BCUT2D eigenvalue weighted by atomic mass is 16.6. The summed E-state index contributed by atoms with van der Waals surface area (Å²) in [6.45, 7) is 5.64. The monoisotopic (exact) mass is 346 g/mol. The van der Waals surface area contributed by atoms with Crippen LogP contribution in [0.2, 0.25) is 0 Å². The van der Waals surface area contributed by atoms with Crippen molar-refractivity contribution >= 4 is 11.9 Å². The summed E-state index contributed by atoms with van der Waals surface area (Å²) in [7, 11) is 0. The minimum Gasteiger partial charge on any atom is -0.481 e. The third-order valence-electron chi connectivity index (χ3n) is 8.12. The number of ether oxygens (including phenoxy) is 1. The van der Waals surface area contributed by atoms with Crippen molar-refractivity contribution in [2.24, 2.45) is 28.6 Å². The largest absolute Gasteiger partial charge is 0.481 e. The fourth-order valence-corrected chi connectivity index (χ4v) is 7.13. The van der Waals surface area contributed by atoms with Gasteiger partial charge in [0.15, 0.2) is 0 Å². The van der Waals surface area contributed by atoms with Gasteiger partial charge in [0.25, 0.3) is 0 Å². The smallest absolute Gasteiger partial charge is 0.316 e. The van der Waals surface area contributed by atoms with E-state index in [1.165, 1.54) is 0 Å². The Morgan fingerprint density at radius 1 is 1.44 bits per heavy atom. The lowest BCUT2D eigenvalue weighted by atomic mass is 9.61. The van der Waals surface area contributed by atoms with Crippen molar-refractivity contribution in [2.45, 2.75) is 49.9 Å². The highest BCUT2D eigenvalue weighted by Crippen LogP contribution is 2.77. The van der Waals surface area contributed by atoms with Crippen LogP contribution in [-0.2, 0) is 14.3 Å². The molecular weight excluding hydrogens is 324 g/mol. The summed E-state index contributed by atoms with van der Waals surface area (Å²) >= 11 is 0. The highest BCUT2D eigenvalue weighted by molar-refractivity contribution is 5.86. The predicted octanol–water partition coefficient (Wildman–Crippen LogP) is 1.03. The number of esters is 1. The van der Waals surface area contributed by atoms with E-state index in [1.807, 2.05) is 0 Å². The van der Waals surface area contributed by atoms with Crippen LogP contribution in [0.1, 0.15) is 32.6 Å². The lowest BCUT2D eigenvalue weighted by Crippen LogP contribution is -2.50. The van der Waals surface area contributed by atoms with E-state index in [2.05, 4.69) is 6.58 Å². The Kier molecular flexibility index (Phi) is 2.50. The van der Waals surface area contributed by atoms with Crippen molar-refractivity contribution in [3.8, 4) is 0 Å². The van der Waals surface area contributed by atoms with Gasteiger partial charge in [0.1, 0.15) is 11.0 Å². The molecule has 4 fully saturated rings. The Morgan fingerprint density at radius 2 is 2.16 bits per heavy atom. The summed E-state index contributed by atoms with van der Waals surface area (Å²) in [5.74, 6) is -3.18. The third kappa shape index (κ3) is 1.36. The zero-order chi connectivity index (χ0) is 18.0. The van der Waals surface area contributed by atoms with Crippen molar-refractivity contribution in [1.82, 2.24) is 0 Å². The molecule has 4 aliphatic carbocycles. The van der Waals surface area contributed by atoms with E-state index >= 15 is 0 Å². The maximum absolute atomic E-state index is 12.7. The van der Waals surface area contributed by atoms with Crippen LogP contribution in [-0.4, -0.2) is 44.6 Å². The molecule has 5 rings (SSSR count). The van der Waals surface area contributed by atoms with Crippen molar-refractivity contribution in [1.29, 1.82) is 0 Å². The van der Waals surface area contributed by atoms with Gasteiger partial charge < -0.3 is 20.1 Å². The van der Waals surface area contributed by atoms with E-state index in [-0.39, 0.29) is 5.92 Å². The molecule has 3 saturated carbocycles. The molecule has 0 radical (unpaired) electrons. The second kappa shape index (κ2) is 4.01. The van der Waals surface area contributed by atoms with Gasteiger partial charge in [0.2, 0.25) is 0 Å². The number of rotatable bonds is 1. The molecule has 134 valence electrons. The van der Waals surface area contributed by atoms with Crippen LogP contribution < -0.4 is 0 Å². The van der Waals surface area contributed by atoms with E-state index in [0.29, 0.717) is 31.3 Å². The normalized spacial score (nSPS) is 58.0. The zero-order valence-corrected chi connectivity index (χ0v) is 14.1. The van der Waals surface area contributed by atoms with Crippen LogP contribution >= 0.6 is 0 Å². The molecule has 0 aromatic rings. The Morgan fingerprint density at radius 3 is 2.84 bits per heavy atom. The van der Waals surface area contributed by atoms with Gasteiger partial charge in [-0.2, -0.15) is 0 Å². The number of carboxylic acid groups (broad SMARTS) is 1. The first kappa shape index (κ1) is 15.6. The average molecular weight is 346 g/mol. The topological polar surface area (TPSA) is 104 Å². The average Bonchev–Trinajstić information content (AvgIpc) is 2.95. The minimum atomic E-state index is -1.27. The molecule has 2 unspecified atom stereocenters. The Bertz CT molecular complexity index is 772. The molecule has 25 heavy (non-hydrogen) atoms. The summed E-state index contributed by atoms with van der Waals surface area (Å²) in [6, 6.07) is 0. The van der Waals surface area contributed by atoms with Crippen LogP contribution in [0.4, 0.5) is 0 Å². The standard InChI is InChI=1S/C19H22O6/c1-9-7-17-8-18(9,24)5-3-10(17)19-6-4-11(20)16(2,15(23)25-19)13(19)12(17)14(21)22/h4,6,10-13,20,24H,1,3,5,7-8H2,2H3,(H,21,22)/t10?,11-,12+,13?,16+,17-,18-,19+/m0/s1. The van der Waals surface area contributed by atoms with Crippen molar-refractivity contribution in [2.75, 3.05) is 0 Å². The summed E-state index contributed by atoms with van der Waals surface area (Å²) in [4.78, 5) is 25.1. The van der Waals surface area contributed by atoms with Crippen molar-refractivity contribution in [3.05, 3.63) is 24.3 Å². The molecule has 6 nitrogen and oxygen atoms in total. The lowest BCUT2D eigenvalue weighted by molar-refractivity contribution is -0.163. The fraction of sp³-hybridized carbons (Fsp3) is 0.684. The maximum Gasteiger partial charge on any atom is 0.316 e. The first-order chi connectivity index (χ1) is 11.6. The van der Waals surface area contributed by atoms with Gasteiger partial charge in [0, 0.05) is 11.8 Å². The minimum absolute atomic E-state index is 0.180. The number of hydrogen-bond donors (Lipinski definition) is 3. The number of fused-ring (bicyclic) bond motifs is 1. The number of carbonyl (C=O) groups excluding carboxylic acids is 1. The molecule has 6 heteroatoms. The number of hydrogen-bond acceptors (Lipinski definition) is 5. The van der Waals surface area contributed by atoms with Crippen molar-refractivity contribution in [3.63, 3.8) is 0 Å². The van der Waals surface area contributed by atoms with Crippen LogP contribution in [0.25, 0.3) is 0 Å². The predicted molar refractivity (Wildman–Crippen MR) is 85.2 cm³/mol. The first-order valence-electron chi connectivity index (χ1n) is 8.86. The molecular formula is C19H22O6. The molecule has 1 aliphatic heterocycles. The SMILES string of the molecule is C=C1C[C@]23C[C@@]1(O)CCC2[C@@]12C=C[C@H](O)[C@@](C)(C(=O)O1)C2[C@@H]3C(=O)O. The van der Waals surface area contributed by atoms with Gasteiger partial charge in [0.05, 0.1) is 17.6 Å². The summed E-state index contributed by atoms with van der Waals surface area (Å²) in [6.07, 6.45) is 4.11. The van der Waals surface area contributed by atoms with E-state index in [9.17, 15) is 24.9 Å². The molecule has 3 N–H and O–H groups in total. The second-order valence-corrected chi connectivity index (χ2v) is 8.94. The van der Waals surface area contributed by atoms with Gasteiger partial charge in [-0.05, 0) is 49.7 Å². The van der Waals surface area contributed by atoms with Gasteiger partial charge in [-0.15, -0.1) is 0 Å². The number of carboxylic acids is 1. The lowest BCUT2D eigenvalue weighted by Gasteiger charge is -2.44. The fourth-order valence-electron chi connectivity index (χ4n) is 7.13. The maximum atomic E-state index is 12.7. The number of aliphatic hydroxyl groups is 2. The van der Waals surface area contributed by atoms with Crippen LogP contribution in [0.15, 0.2) is 24.3 Å². The zero-order valence-electron chi connectivity index (χ0n) is 14.1. The van der Waals surface area contributed by atoms with Gasteiger partial charge in [-0.25, -0.2) is 0 Å². The molecule has 1 heterocycles. The highest BCUT2D eigenvalue weighted by Gasteiger charge is 2.83. The van der Waals surface area contributed by atoms with E-state index in [0.717, 1.165) is 0 Å². The van der Waals surface area contributed by atoms with Crippen LogP contribution in [0.5, 0.6) is 0 Å². The van der Waals surface area contributed by atoms with Crippen LogP contribution in [0, 0.1) is 28.6 Å². The molecule has 1 spiro atoms. The van der Waals surface area contributed by atoms with Gasteiger partial charge in [-0.1, -0.05) is 12.7 Å². The quantitative estimate of drug-likeness (QED) is 0.484. The number of aliphatic hydroxyl groups excluding tert-OH is 1. The molecule has 4 bridgehead atoms. The first-order valence-corrected chi connectivity index (χ1v) is 8.86. The van der Waals surface area contributed by atoms with Gasteiger partial charge in [-0.3, -0.25) is 9.59 Å². The summed E-state index contributed by atoms with van der Waals surface area (Å²) < 4.78 is 5.87. The second-order valence-electron chi connectivity index (χ2n) is 8.94. The molecule has 1 saturated heterocycles. The summed E-state index contributed by atoms with van der Waals surface area (Å²) in [5.41, 5.74) is -3.29. The van der Waals surface area contributed by atoms with E-state index < -0.39 is 51.9 Å². The molecule has 0 aromatic carbocycles. The van der Waals surface area contributed by atoms with Crippen molar-refractivity contribution < 1.29 is 29.6 Å². The molecule has 0 aromatic heterocycles. The van der Waals surface area contributed by atoms with Crippen LogP contribution in [0.3, 0.4) is 0 Å². The Balaban J connectivity index is 1.78. The van der Waals surface area contributed by atoms with E-state index in [4.69, 9.17) is 4.74 Å². The number of carbonyl (C=O) groups is 2. The molecule has 0 amide bonds. The molecule has 8 atom stereocenters. The Hall–Kier alpha value is -1.66.